The van der Waals surface area contributed by atoms with Gasteiger partial charge in [-0.25, -0.2) is 12.8 Å². The van der Waals surface area contributed by atoms with Crippen LogP contribution in [0.1, 0.15) is 25.7 Å². The van der Waals surface area contributed by atoms with E-state index in [1.54, 1.807) is 0 Å². The fourth-order valence-electron chi connectivity index (χ4n) is 2.61. The van der Waals surface area contributed by atoms with Crippen molar-refractivity contribution in [1.29, 1.82) is 0 Å². The van der Waals surface area contributed by atoms with Crippen LogP contribution in [0.3, 0.4) is 0 Å². The van der Waals surface area contributed by atoms with E-state index in [0.29, 0.717) is 19.4 Å². The van der Waals surface area contributed by atoms with Gasteiger partial charge in [0.25, 0.3) is 0 Å². The summed E-state index contributed by atoms with van der Waals surface area (Å²) in [5, 5.41) is 8.91. The van der Waals surface area contributed by atoms with Crippen molar-refractivity contribution in [2.24, 2.45) is 0 Å². The maximum Gasteiger partial charge on any atom is 0.244 e. The summed E-state index contributed by atoms with van der Waals surface area (Å²) in [5.74, 6) is -0.654. The monoisotopic (exact) mass is 380 g/mol. The molecule has 21 heavy (non-hydrogen) atoms. The summed E-state index contributed by atoms with van der Waals surface area (Å²) in [6.45, 7) is 0.472. The molecule has 0 saturated carbocycles. The Morgan fingerprint density at radius 1 is 1.48 bits per heavy atom. The molecule has 1 aliphatic heterocycles. The summed E-state index contributed by atoms with van der Waals surface area (Å²) in [5.41, 5.74) is 5.30. The molecule has 118 valence electrons. The molecule has 8 heteroatoms. The van der Waals surface area contributed by atoms with Crippen molar-refractivity contribution in [2.45, 2.75) is 36.6 Å². The van der Waals surface area contributed by atoms with Crippen LogP contribution in [0, 0.1) is 5.82 Å². The fourth-order valence-corrected chi connectivity index (χ4v) is 5.35. The molecule has 1 atom stereocenters. The van der Waals surface area contributed by atoms with Gasteiger partial charge in [-0.3, -0.25) is 0 Å². The number of anilines is 1. The Kier molecular flexibility index (Phi) is 5.24. The number of hydrogen-bond donors (Lipinski definition) is 2. The van der Waals surface area contributed by atoms with Crippen LogP contribution >= 0.6 is 15.9 Å². The van der Waals surface area contributed by atoms with Crippen molar-refractivity contribution in [3.8, 4) is 0 Å². The minimum atomic E-state index is -3.73. The van der Waals surface area contributed by atoms with Gasteiger partial charge in [0.15, 0.2) is 0 Å². The molecule has 1 aromatic carbocycles. The molecular formula is C13H18BrFN2O3S. The smallest absolute Gasteiger partial charge is 0.244 e. The van der Waals surface area contributed by atoms with Gasteiger partial charge in [-0.1, -0.05) is 0 Å². The summed E-state index contributed by atoms with van der Waals surface area (Å²) < 4.78 is 40.5. The van der Waals surface area contributed by atoms with Crippen LogP contribution in [0.2, 0.25) is 0 Å². The van der Waals surface area contributed by atoms with Gasteiger partial charge in [-0.15, -0.1) is 0 Å². The van der Waals surface area contributed by atoms with Gasteiger partial charge in [0.05, 0.1) is 10.6 Å². The summed E-state index contributed by atoms with van der Waals surface area (Å²) in [7, 11) is -3.73. The summed E-state index contributed by atoms with van der Waals surface area (Å²) in [6.07, 6.45) is 2.73. The summed E-state index contributed by atoms with van der Waals surface area (Å²) in [6, 6.07) is 2.09. The molecule has 0 spiro atoms. The van der Waals surface area contributed by atoms with Gasteiger partial charge in [0.2, 0.25) is 10.0 Å². The van der Waals surface area contributed by atoms with Gasteiger partial charge in [0, 0.05) is 23.7 Å². The molecule has 0 aliphatic carbocycles. The van der Waals surface area contributed by atoms with E-state index in [2.05, 4.69) is 15.9 Å². The molecule has 1 saturated heterocycles. The maximum absolute atomic E-state index is 13.4. The van der Waals surface area contributed by atoms with E-state index in [1.165, 1.54) is 4.31 Å². The molecule has 1 heterocycles. The number of aliphatic hydroxyl groups is 1. The second-order valence-electron chi connectivity index (χ2n) is 5.08. The largest absolute Gasteiger partial charge is 0.396 e. The van der Waals surface area contributed by atoms with Gasteiger partial charge in [-0.05, 0) is 53.7 Å². The molecule has 0 bridgehead atoms. The lowest BCUT2D eigenvalue weighted by atomic mass is 10.1. The van der Waals surface area contributed by atoms with Crippen molar-refractivity contribution < 1.29 is 17.9 Å². The zero-order chi connectivity index (χ0) is 15.6. The van der Waals surface area contributed by atoms with Gasteiger partial charge >= 0.3 is 0 Å². The second kappa shape index (κ2) is 6.60. The molecule has 2 rings (SSSR count). The Hall–Kier alpha value is -0.700. The number of sulfonamides is 1. The zero-order valence-corrected chi connectivity index (χ0v) is 13.8. The Labute approximate surface area is 132 Å². The topological polar surface area (TPSA) is 83.6 Å². The molecule has 1 unspecified atom stereocenters. The number of aliphatic hydroxyl groups excluding tert-OH is 1. The first-order valence-electron chi connectivity index (χ1n) is 6.75. The lowest BCUT2D eigenvalue weighted by molar-refractivity contribution is 0.264. The second-order valence-corrected chi connectivity index (χ2v) is 7.80. The third-order valence-electron chi connectivity index (χ3n) is 3.66. The Balaban J connectivity index is 2.35. The number of rotatable bonds is 5. The van der Waals surface area contributed by atoms with E-state index < -0.39 is 15.8 Å². The van der Waals surface area contributed by atoms with Crippen LogP contribution in [0.15, 0.2) is 21.5 Å². The first kappa shape index (κ1) is 16.7. The first-order chi connectivity index (χ1) is 9.87. The fraction of sp³-hybridized carbons (Fsp3) is 0.538. The molecule has 0 amide bonds. The summed E-state index contributed by atoms with van der Waals surface area (Å²) in [4.78, 5) is -0.0164. The molecule has 1 aliphatic rings. The van der Waals surface area contributed by atoms with E-state index in [9.17, 15) is 12.8 Å². The Morgan fingerprint density at radius 3 is 2.86 bits per heavy atom. The Bertz CT molecular complexity index is 624. The van der Waals surface area contributed by atoms with Crippen LogP contribution in [-0.4, -0.2) is 37.0 Å². The van der Waals surface area contributed by atoms with Crippen molar-refractivity contribution in [1.82, 2.24) is 4.31 Å². The van der Waals surface area contributed by atoms with E-state index in [0.717, 1.165) is 25.0 Å². The van der Waals surface area contributed by atoms with Gasteiger partial charge in [0.1, 0.15) is 5.82 Å². The first-order valence-corrected chi connectivity index (χ1v) is 8.98. The highest BCUT2D eigenvalue weighted by molar-refractivity contribution is 9.10. The average Bonchev–Trinajstić information content (AvgIpc) is 2.89. The van der Waals surface area contributed by atoms with Crippen LogP contribution in [0.4, 0.5) is 10.1 Å². The van der Waals surface area contributed by atoms with E-state index >= 15 is 0 Å². The van der Waals surface area contributed by atoms with Crippen LogP contribution in [0.5, 0.6) is 0 Å². The normalized spacial score (nSPS) is 20.0. The number of hydrogen-bond acceptors (Lipinski definition) is 4. The molecule has 0 radical (unpaired) electrons. The standard InChI is InChI=1S/C13H18BrFN2O3S/c14-10-7-11(15)12(16)8-13(10)21(19,20)17-5-1-3-9(17)4-2-6-18/h7-9,18H,1-6,16H2. The molecule has 1 fully saturated rings. The molecule has 0 aromatic heterocycles. The van der Waals surface area contributed by atoms with Crippen LogP contribution < -0.4 is 5.73 Å². The van der Waals surface area contributed by atoms with Crippen molar-refractivity contribution in [2.75, 3.05) is 18.9 Å². The highest BCUT2D eigenvalue weighted by Gasteiger charge is 2.36. The van der Waals surface area contributed by atoms with Crippen molar-refractivity contribution in [3.63, 3.8) is 0 Å². The molecule has 5 nitrogen and oxygen atoms in total. The molecular weight excluding hydrogens is 363 g/mol. The van der Waals surface area contributed by atoms with Crippen LogP contribution in [0.25, 0.3) is 0 Å². The zero-order valence-electron chi connectivity index (χ0n) is 11.4. The lowest BCUT2D eigenvalue weighted by Crippen LogP contribution is -2.35. The highest BCUT2D eigenvalue weighted by Crippen LogP contribution is 2.33. The average molecular weight is 381 g/mol. The predicted molar refractivity (Wildman–Crippen MR) is 81.7 cm³/mol. The van der Waals surface area contributed by atoms with E-state index in [4.69, 9.17) is 10.8 Å². The minimum absolute atomic E-state index is 0.0164. The Morgan fingerprint density at radius 2 is 2.19 bits per heavy atom. The lowest BCUT2D eigenvalue weighted by Gasteiger charge is -2.24. The predicted octanol–water partition coefficient (Wildman–Crippen LogP) is 2.10. The van der Waals surface area contributed by atoms with Gasteiger partial charge in [-0.2, -0.15) is 4.31 Å². The SMILES string of the molecule is Nc1cc(S(=O)(=O)N2CCCC2CCCO)c(Br)cc1F. The van der Waals surface area contributed by atoms with Crippen LogP contribution in [-0.2, 0) is 10.0 Å². The minimum Gasteiger partial charge on any atom is -0.396 e. The number of benzene rings is 1. The molecule has 1 aromatic rings. The number of halogens is 2. The quantitative estimate of drug-likeness (QED) is 0.766. The van der Waals surface area contributed by atoms with Crippen molar-refractivity contribution >= 4 is 31.6 Å². The third-order valence-corrected chi connectivity index (χ3v) is 6.57. The van der Waals surface area contributed by atoms with E-state index in [-0.39, 0.29) is 27.7 Å². The highest BCUT2D eigenvalue weighted by atomic mass is 79.9. The van der Waals surface area contributed by atoms with Gasteiger partial charge < -0.3 is 10.8 Å². The maximum atomic E-state index is 13.4. The number of nitrogen functional groups attached to an aromatic ring is 1. The number of nitrogens with two attached hydrogens (primary N) is 1. The summed E-state index contributed by atoms with van der Waals surface area (Å²) >= 11 is 3.10. The van der Waals surface area contributed by atoms with Crippen molar-refractivity contribution in [3.05, 3.63) is 22.4 Å². The third kappa shape index (κ3) is 3.39. The van der Waals surface area contributed by atoms with E-state index in [1.807, 2.05) is 0 Å². The number of nitrogens with zero attached hydrogens (tertiary/aromatic N) is 1. The molecule has 3 N–H and O–H groups in total.